The first kappa shape index (κ1) is 21.8. The van der Waals surface area contributed by atoms with E-state index >= 15 is 0 Å². The number of nitrogens with zero attached hydrogens (tertiary/aromatic N) is 2. The van der Waals surface area contributed by atoms with Crippen LogP contribution in [0.25, 0.3) is 10.9 Å². The maximum Gasteiger partial charge on any atom is 0.280 e. The Morgan fingerprint density at radius 3 is 2.48 bits per heavy atom. The molecule has 0 radical (unpaired) electrons. The third kappa shape index (κ3) is 4.47. The first-order valence-corrected chi connectivity index (χ1v) is 8.98. The van der Waals surface area contributed by atoms with Crippen LogP contribution in [0.5, 0.6) is 5.75 Å². The van der Waals surface area contributed by atoms with E-state index in [1.807, 2.05) is 0 Å². The summed E-state index contributed by atoms with van der Waals surface area (Å²) in [5.41, 5.74) is -0.707. The zero-order chi connectivity index (χ0) is 22.7. The molecule has 0 saturated heterocycles. The molecule has 2 N–H and O–H groups in total. The van der Waals surface area contributed by atoms with Gasteiger partial charge < -0.3 is 20.0 Å². The van der Waals surface area contributed by atoms with Crippen LogP contribution in [0.1, 0.15) is 12.5 Å². The number of fused-ring (bicyclic) bond motifs is 1. The summed E-state index contributed by atoms with van der Waals surface area (Å²) in [6.07, 6.45) is 1.60. The molecule has 1 aromatic heterocycles. The van der Waals surface area contributed by atoms with Gasteiger partial charge >= 0.3 is 0 Å². The Morgan fingerprint density at radius 1 is 1.23 bits per heavy atom. The third-order valence-corrected chi connectivity index (χ3v) is 4.47. The second-order valence-corrected chi connectivity index (χ2v) is 6.54. The van der Waals surface area contributed by atoms with Gasteiger partial charge in [0.05, 0.1) is 29.3 Å². The predicted molar refractivity (Wildman–Crippen MR) is 108 cm³/mol. The molecule has 7 nitrogen and oxygen atoms in total. The van der Waals surface area contributed by atoms with Gasteiger partial charge in [0.25, 0.3) is 5.56 Å². The smallest absolute Gasteiger partial charge is 0.280 e. The molecule has 3 rings (SSSR count). The van der Waals surface area contributed by atoms with Crippen LogP contribution in [0.3, 0.4) is 0 Å². The number of carbonyl (C=O) groups is 1. The SMILES string of the molecule is CN/C(Oc1ccc2c(c1)c(=O)ncn2Cc1c(F)cc(F)cc1F)=C(/C=O)C(C)=N. The predicted octanol–water partition coefficient (Wildman–Crippen LogP) is 2.91. The molecule has 10 heteroatoms. The third-order valence-electron chi connectivity index (χ3n) is 4.47. The molecule has 0 atom stereocenters. The van der Waals surface area contributed by atoms with E-state index in [4.69, 9.17) is 10.1 Å². The molecule has 3 aromatic rings. The summed E-state index contributed by atoms with van der Waals surface area (Å²) in [6, 6.07) is 5.47. The van der Waals surface area contributed by atoms with E-state index in [1.165, 1.54) is 36.7 Å². The Labute approximate surface area is 174 Å². The molecule has 0 aliphatic heterocycles. The molecule has 2 aromatic carbocycles. The summed E-state index contributed by atoms with van der Waals surface area (Å²) >= 11 is 0. The van der Waals surface area contributed by atoms with Crippen molar-refractivity contribution >= 4 is 22.9 Å². The number of aromatic nitrogens is 2. The van der Waals surface area contributed by atoms with Crippen molar-refractivity contribution in [1.29, 1.82) is 5.41 Å². The first-order valence-electron chi connectivity index (χ1n) is 8.98. The van der Waals surface area contributed by atoms with Crippen molar-refractivity contribution in [3.05, 3.63) is 81.5 Å². The molecule has 0 aliphatic rings. The van der Waals surface area contributed by atoms with E-state index < -0.39 is 23.0 Å². The quantitative estimate of drug-likeness (QED) is 0.260. The van der Waals surface area contributed by atoms with Gasteiger partial charge in [-0.1, -0.05) is 0 Å². The van der Waals surface area contributed by atoms with Crippen LogP contribution in [0.4, 0.5) is 13.2 Å². The molecule has 0 bridgehead atoms. The van der Waals surface area contributed by atoms with Crippen LogP contribution in [0.15, 0.2) is 52.9 Å². The Kier molecular flexibility index (Phi) is 6.19. The zero-order valence-electron chi connectivity index (χ0n) is 16.5. The molecule has 0 fully saturated rings. The van der Waals surface area contributed by atoms with Gasteiger partial charge in [-0.05, 0) is 25.1 Å². The van der Waals surface area contributed by atoms with Crippen molar-refractivity contribution in [3.8, 4) is 5.75 Å². The number of allylic oxidation sites excluding steroid dienone is 1. The lowest BCUT2D eigenvalue weighted by Crippen LogP contribution is -2.19. The lowest BCUT2D eigenvalue weighted by molar-refractivity contribution is -0.104. The van der Waals surface area contributed by atoms with Crippen molar-refractivity contribution in [2.24, 2.45) is 0 Å². The number of rotatable bonds is 7. The molecule has 1 heterocycles. The number of carbonyl (C=O) groups excluding carboxylic acids is 1. The minimum Gasteiger partial charge on any atom is -0.441 e. The number of ether oxygens (including phenoxy) is 1. The normalized spacial score (nSPS) is 11.8. The van der Waals surface area contributed by atoms with Crippen LogP contribution in [-0.2, 0) is 11.3 Å². The monoisotopic (exact) mass is 430 g/mol. The fourth-order valence-corrected chi connectivity index (χ4v) is 2.94. The van der Waals surface area contributed by atoms with Gasteiger partial charge in [0.2, 0.25) is 5.88 Å². The standard InChI is InChI=1S/C21H17F3N4O3/c1-11(25)16(9-29)21(26-2)31-13-3-4-19-14(7-13)20(30)27-10-28(19)8-15-17(23)5-12(22)6-18(15)24/h3-7,9-10,25-26H,8H2,1-2H3/b21-16+,25-11?. The van der Waals surface area contributed by atoms with Crippen molar-refractivity contribution in [2.45, 2.75) is 13.5 Å². The number of hydrogen-bond acceptors (Lipinski definition) is 6. The van der Waals surface area contributed by atoms with Crippen molar-refractivity contribution < 1.29 is 22.7 Å². The van der Waals surface area contributed by atoms with Gasteiger partial charge in [-0.15, -0.1) is 0 Å². The van der Waals surface area contributed by atoms with E-state index in [9.17, 15) is 22.8 Å². The van der Waals surface area contributed by atoms with Crippen LogP contribution in [-0.4, -0.2) is 28.6 Å². The minimum atomic E-state index is -1.06. The van der Waals surface area contributed by atoms with Gasteiger partial charge in [-0.25, -0.2) is 13.2 Å². The molecular weight excluding hydrogens is 413 g/mol. The largest absolute Gasteiger partial charge is 0.441 e. The van der Waals surface area contributed by atoms with Gasteiger partial charge in [-0.3, -0.25) is 9.59 Å². The average molecular weight is 430 g/mol. The van der Waals surface area contributed by atoms with E-state index in [0.717, 1.165) is 6.33 Å². The summed E-state index contributed by atoms with van der Waals surface area (Å²) in [5.74, 6) is -2.96. The molecule has 31 heavy (non-hydrogen) atoms. The summed E-state index contributed by atoms with van der Waals surface area (Å²) in [7, 11) is 1.50. The highest BCUT2D eigenvalue weighted by molar-refractivity contribution is 6.12. The Bertz CT molecular complexity index is 1260. The average Bonchev–Trinajstić information content (AvgIpc) is 2.71. The highest BCUT2D eigenvalue weighted by atomic mass is 19.1. The molecule has 0 unspecified atom stereocenters. The summed E-state index contributed by atoms with van der Waals surface area (Å²) < 4.78 is 48.2. The topological polar surface area (TPSA) is 97.1 Å². The van der Waals surface area contributed by atoms with E-state index in [-0.39, 0.29) is 40.4 Å². The molecular formula is C21H17F3N4O3. The van der Waals surface area contributed by atoms with Crippen LogP contribution in [0.2, 0.25) is 0 Å². The van der Waals surface area contributed by atoms with Gasteiger partial charge in [0, 0.05) is 30.5 Å². The van der Waals surface area contributed by atoms with E-state index in [0.29, 0.717) is 23.9 Å². The molecule has 0 aliphatic carbocycles. The Balaban J connectivity index is 2.06. The van der Waals surface area contributed by atoms with Crippen molar-refractivity contribution in [2.75, 3.05) is 7.05 Å². The summed E-state index contributed by atoms with van der Waals surface area (Å²) in [6.45, 7) is 1.09. The van der Waals surface area contributed by atoms with Crippen molar-refractivity contribution in [3.63, 3.8) is 0 Å². The lowest BCUT2D eigenvalue weighted by Gasteiger charge is -2.14. The van der Waals surface area contributed by atoms with Gasteiger partial charge in [0.1, 0.15) is 23.2 Å². The maximum absolute atomic E-state index is 14.0. The minimum absolute atomic E-state index is 0.00606. The Morgan fingerprint density at radius 2 is 1.90 bits per heavy atom. The molecule has 0 spiro atoms. The first-order chi connectivity index (χ1) is 14.7. The number of aldehydes is 1. The number of halogens is 3. The molecule has 160 valence electrons. The molecule has 0 amide bonds. The lowest BCUT2D eigenvalue weighted by atomic mass is 10.1. The second kappa shape index (κ2) is 8.82. The van der Waals surface area contributed by atoms with Crippen LogP contribution in [0, 0.1) is 22.9 Å². The van der Waals surface area contributed by atoms with Gasteiger partial charge in [-0.2, -0.15) is 4.98 Å². The number of nitrogens with one attached hydrogen (secondary N) is 2. The number of benzene rings is 2. The van der Waals surface area contributed by atoms with Crippen LogP contribution < -0.4 is 15.6 Å². The number of hydrogen-bond donors (Lipinski definition) is 2. The van der Waals surface area contributed by atoms with E-state index in [2.05, 4.69) is 10.3 Å². The zero-order valence-corrected chi connectivity index (χ0v) is 16.5. The Hall–Kier alpha value is -3.95. The maximum atomic E-state index is 14.0. The van der Waals surface area contributed by atoms with Gasteiger partial charge in [0.15, 0.2) is 6.29 Å². The molecule has 0 saturated carbocycles. The van der Waals surface area contributed by atoms with Crippen LogP contribution >= 0.6 is 0 Å². The fourth-order valence-electron chi connectivity index (χ4n) is 2.94. The fraction of sp³-hybridized carbons (Fsp3) is 0.143. The van der Waals surface area contributed by atoms with Crippen molar-refractivity contribution in [1.82, 2.24) is 14.9 Å². The van der Waals surface area contributed by atoms with E-state index in [1.54, 1.807) is 0 Å². The highest BCUT2D eigenvalue weighted by Gasteiger charge is 2.15. The highest BCUT2D eigenvalue weighted by Crippen LogP contribution is 2.22. The summed E-state index contributed by atoms with van der Waals surface area (Å²) in [4.78, 5) is 27.2. The second-order valence-electron chi connectivity index (χ2n) is 6.54. The summed E-state index contributed by atoms with van der Waals surface area (Å²) in [5, 5.41) is 10.4.